The number of nitrogens with zero attached hydrogens (tertiary/aromatic N) is 4. The second-order valence-electron chi connectivity index (χ2n) is 24.4. The van der Waals surface area contributed by atoms with Gasteiger partial charge in [0.25, 0.3) is 11.8 Å². The maximum Gasteiger partial charge on any atom is 0.416 e. The lowest BCUT2D eigenvalue weighted by molar-refractivity contribution is 0.0584. The minimum Gasteiger partial charge on any atom is -0.497 e. The average molecular weight is 1360 g/mol. The summed E-state index contributed by atoms with van der Waals surface area (Å²) < 4.78 is 57.5. The van der Waals surface area contributed by atoms with Crippen LogP contribution in [0.25, 0.3) is 11.1 Å². The van der Waals surface area contributed by atoms with Gasteiger partial charge in [-0.3, -0.25) is 9.59 Å². The van der Waals surface area contributed by atoms with Crippen LogP contribution in [0.4, 0.5) is 21.0 Å². The van der Waals surface area contributed by atoms with E-state index < -0.39 is 86.0 Å². The minimum atomic E-state index is -2.81. The molecule has 0 bridgehead atoms. The van der Waals surface area contributed by atoms with Crippen LogP contribution in [0, 0.1) is 0 Å². The Balaban J connectivity index is 1.14. The van der Waals surface area contributed by atoms with Crippen LogP contribution in [0.5, 0.6) is 34.5 Å². The van der Waals surface area contributed by atoms with Gasteiger partial charge in [0.2, 0.25) is 7.59 Å². The standard InChI is InChI=1S/C61H74Cl6N4O14Si2/c1-58(2,3)86(11,12)84-54-46-26-38(36-16-20-40(76-7)21-17-36)32-68(46)52(72)42-28-48(78-9)50(30-44(42)70(54)56(74)82-34-60(62,63)64)80-24-15-25-81-51-31-45-43(29-49(51)79-10)53(73)69-33-39(37-18-22-41(77-8)23-19-37)27-47(69)55(85-87(13,14)59(4,5)6)71(45)57(75)83-35-61(65,66)67/h16-23,28-33,46-47,54-55H,15,24-27,34-35H2,1-14H3/t46-,47-,54-,55-/m0/s1. The number of alkyl halides is 6. The summed E-state index contributed by atoms with van der Waals surface area (Å²) in [5.41, 5.74) is 3.68. The van der Waals surface area contributed by atoms with Crippen molar-refractivity contribution in [1.82, 2.24) is 9.80 Å². The number of amides is 4. The molecule has 472 valence electrons. The van der Waals surface area contributed by atoms with Crippen LogP contribution in [-0.2, 0) is 18.3 Å². The Morgan fingerprint density at radius 1 is 0.517 bits per heavy atom. The lowest BCUT2D eigenvalue weighted by atomic mass is 10.0. The Morgan fingerprint density at radius 3 is 1.16 bits per heavy atom. The van der Waals surface area contributed by atoms with Gasteiger partial charge >= 0.3 is 12.2 Å². The summed E-state index contributed by atoms with van der Waals surface area (Å²) in [6, 6.07) is 19.5. The van der Waals surface area contributed by atoms with Crippen LogP contribution in [0.3, 0.4) is 0 Å². The molecular weight excluding hydrogens is 1280 g/mol. The van der Waals surface area contributed by atoms with Crippen molar-refractivity contribution < 1.29 is 65.9 Å². The van der Waals surface area contributed by atoms with Gasteiger partial charge in [-0.2, -0.15) is 0 Å². The Hall–Kier alpha value is -5.27. The number of carbonyl (C=O) groups excluding carboxylic acids is 4. The zero-order valence-corrected chi connectivity index (χ0v) is 57.6. The van der Waals surface area contributed by atoms with E-state index in [2.05, 4.69) is 41.5 Å². The summed E-state index contributed by atoms with van der Waals surface area (Å²) in [4.78, 5) is 65.7. The van der Waals surface area contributed by atoms with E-state index in [0.29, 0.717) is 11.5 Å². The fourth-order valence-electron chi connectivity index (χ4n) is 9.92. The van der Waals surface area contributed by atoms with Crippen molar-refractivity contribution in [1.29, 1.82) is 0 Å². The van der Waals surface area contributed by atoms with Gasteiger partial charge in [0.15, 0.2) is 52.1 Å². The van der Waals surface area contributed by atoms with Crippen molar-refractivity contribution in [3.63, 3.8) is 0 Å². The monoisotopic (exact) mass is 1350 g/mol. The number of hydrogen-bond acceptors (Lipinski definition) is 14. The fraction of sp³-hybridized carbons (Fsp3) is 0.475. The molecule has 8 rings (SSSR count). The molecule has 26 heteroatoms. The highest BCUT2D eigenvalue weighted by atomic mass is 35.6. The van der Waals surface area contributed by atoms with E-state index in [-0.39, 0.29) is 88.1 Å². The molecule has 0 unspecified atom stereocenters. The number of benzene rings is 4. The molecule has 0 N–H and O–H groups in total. The zero-order chi connectivity index (χ0) is 63.9. The molecule has 0 saturated carbocycles. The van der Waals surface area contributed by atoms with E-state index in [1.54, 1.807) is 36.4 Å². The highest BCUT2D eigenvalue weighted by Gasteiger charge is 2.53. The normalized spacial score (nSPS) is 19.0. The van der Waals surface area contributed by atoms with Crippen LogP contribution < -0.4 is 38.2 Å². The summed E-state index contributed by atoms with van der Waals surface area (Å²) in [5.74, 6) is 1.11. The van der Waals surface area contributed by atoms with Crippen LogP contribution >= 0.6 is 69.6 Å². The van der Waals surface area contributed by atoms with Crippen molar-refractivity contribution in [3.8, 4) is 34.5 Å². The molecule has 4 atom stereocenters. The Bertz CT molecular complexity index is 3080. The number of anilines is 2. The predicted octanol–water partition coefficient (Wildman–Crippen LogP) is 15.4. The summed E-state index contributed by atoms with van der Waals surface area (Å²) in [6.07, 6.45) is 0.228. The lowest BCUT2D eigenvalue weighted by Gasteiger charge is -2.44. The largest absolute Gasteiger partial charge is 0.497 e. The molecule has 0 saturated heterocycles. The lowest BCUT2D eigenvalue weighted by Crippen LogP contribution is -2.58. The molecule has 4 heterocycles. The SMILES string of the molecule is COc1ccc(C2=CN3C(=O)c4cc(OC)c(OCCCOc5cc6c(cc5OC)C(=O)N5C=C(c7ccc(OC)cc7)C[C@H]5[C@H](O[Si](C)(C)C(C)(C)C)N6C(=O)OCC(Cl)(Cl)Cl)cc4N(C(=O)OCC(Cl)(Cl)Cl)[C@@H](O[Si](C)(C)C(C)(C)C)[C@@H]3C2)cc1. The first-order chi connectivity index (χ1) is 40.6. The molecule has 0 aromatic heterocycles. The van der Waals surface area contributed by atoms with Crippen LogP contribution in [-0.4, -0.2) is 137 Å². The smallest absolute Gasteiger partial charge is 0.416 e. The summed E-state index contributed by atoms with van der Waals surface area (Å²) >= 11 is 37.0. The number of fused-ring (bicyclic) bond motifs is 4. The van der Waals surface area contributed by atoms with Crippen LogP contribution in [0.2, 0.25) is 36.3 Å². The molecule has 4 amide bonds. The first-order valence-corrected chi connectivity index (χ1v) is 36.2. The van der Waals surface area contributed by atoms with Gasteiger partial charge in [-0.1, -0.05) is 135 Å². The van der Waals surface area contributed by atoms with E-state index >= 15 is 9.59 Å². The van der Waals surface area contributed by atoms with Crippen molar-refractivity contribution in [2.24, 2.45) is 0 Å². The first-order valence-electron chi connectivity index (χ1n) is 28.1. The third kappa shape index (κ3) is 15.0. The van der Waals surface area contributed by atoms with Gasteiger partial charge in [0.05, 0.1) is 76.2 Å². The molecule has 0 radical (unpaired) electrons. The van der Waals surface area contributed by atoms with Gasteiger partial charge < -0.3 is 56.5 Å². The number of ether oxygens (including phenoxy) is 8. The van der Waals surface area contributed by atoms with E-state index in [1.807, 2.05) is 74.7 Å². The van der Waals surface area contributed by atoms with E-state index in [1.165, 1.54) is 48.3 Å². The molecule has 0 aliphatic carbocycles. The van der Waals surface area contributed by atoms with E-state index in [0.717, 1.165) is 22.3 Å². The summed E-state index contributed by atoms with van der Waals surface area (Å²) in [7, 11) is 0.425. The maximum atomic E-state index is 15.1. The molecule has 0 spiro atoms. The minimum absolute atomic E-state index is 0.00341. The number of carbonyl (C=O) groups is 4. The van der Waals surface area contributed by atoms with Crippen molar-refractivity contribution in [2.75, 3.05) is 64.7 Å². The van der Waals surface area contributed by atoms with Crippen molar-refractivity contribution in [2.45, 2.75) is 129 Å². The molecule has 4 aliphatic rings. The highest BCUT2D eigenvalue weighted by molar-refractivity contribution is 6.74. The van der Waals surface area contributed by atoms with E-state index in [9.17, 15) is 9.59 Å². The quantitative estimate of drug-likeness (QED) is 0.0523. The molecule has 4 aromatic carbocycles. The third-order valence-corrected chi connectivity index (χ3v) is 26.2. The number of halogens is 6. The van der Waals surface area contributed by atoms with Gasteiger partial charge in [0, 0.05) is 31.0 Å². The molecule has 18 nitrogen and oxygen atoms in total. The summed E-state index contributed by atoms with van der Waals surface area (Å²) in [5, 5.41) is -0.717. The number of methoxy groups -OCH3 is 4. The first kappa shape index (κ1) is 67.7. The summed E-state index contributed by atoms with van der Waals surface area (Å²) in [6.45, 7) is 19.4. The Kier molecular flexibility index (Phi) is 20.4. The average Bonchev–Trinajstić information content (AvgIpc) is 1.71. The topological polar surface area (TPSA) is 174 Å². The predicted molar refractivity (Wildman–Crippen MR) is 345 cm³/mol. The van der Waals surface area contributed by atoms with Gasteiger partial charge in [0.1, 0.15) is 24.7 Å². The van der Waals surface area contributed by atoms with Gasteiger partial charge in [-0.15, -0.1) is 0 Å². The fourth-order valence-corrected chi connectivity index (χ4v) is 12.7. The van der Waals surface area contributed by atoms with Crippen molar-refractivity contribution in [3.05, 3.63) is 107 Å². The van der Waals surface area contributed by atoms with Crippen LogP contribution in [0.1, 0.15) is 92.6 Å². The molecule has 4 aliphatic heterocycles. The van der Waals surface area contributed by atoms with Gasteiger partial charge in [-0.05, 0) is 108 Å². The number of hydrogen-bond donors (Lipinski definition) is 0. The third-order valence-electron chi connectivity index (χ3n) is 16.6. The molecular formula is C61H74Cl6N4O14Si2. The Labute approximate surface area is 540 Å². The molecule has 0 fully saturated rings. The zero-order valence-electron chi connectivity index (χ0n) is 51.1. The second kappa shape index (κ2) is 26.3. The number of rotatable bonds is 18. The van der Waals surface area contributed by atoms with Crippen molar-refractivity contribution >= 4 is 133 Å². The highest BCUT2D eigenvalue weighted by Crippen LogP contribution is 2.50. The van der Waals surface area contributed by atoms with E-state index in [4.69, 9.17) is 116 Å². The maximum absolute atomic E-state index is 15.1. The van der Waals surface area contributed by atoms with Crippen LogP contribution in [0.15, 0.2) is 85.2 Å². The second-order valence-corrected chi connectivity index (χ2v) is 39.0. The van der Waals surface area contributed by atoms with Gasteiger partial charge in [-0.25, -0.2) is 19.4 Å². The molecule has 87 heavy (non-hydrogen) atoms. The Morgan fingerprint density at radius 2 is 0.862 bits per heavy atom. The molecule has 4 aromatic rings.